The average molecular weight is 445 g/mol. The molecule has 1 heterocycles. The molecule has 1 amide bonds. The molecule has 0 bridgehead atoms. The minimum atomic E-state index is -3.88. The topological polar surface area (TPSA) is 75.7 Å². The molecule has 1 fully saturated rings. The summed E-state index contributed by atoms with van der Waals surface area (Å²) in [5.74, 6) is 1.07. The van der Waals surface area contributed by atoms with Gasteiger partial charge < -0.3 is 9.64 Å². The largest absolute Gasteiger partial charge is 0.494 e. The minimum absolute atomic E-state index is 0.131. The van der Waals surface area contributed by atoms with Crippen molar-refractivity contribution in [2.45, 2.75) is 51.0 Å². The number of nitrogens with one attached hydrogen (secondary N) is 1. The molecule has 168 valence electrons. The third kappa shape index (κ3) is 6.08. The van der Waals surface area contributed by atoms with E-state index in [2.05, 4.69) is 11.6 Å². The van der Waals surface area contributed by atoms with Gasteiger partial charge in [0.2, 0.25) is 15.9 Å². The van der Waals surface area contributed by atoms with Crippen LogP contribution in [-0.4, -0.2) is 45.0 Å². The van der Waals surface area contributed by atoms with E-state index in [-0.39, 0.29) is 10.8 Å². The molecule has 1 atom stereocenters. The van der Waals surface area contributed by atoms with Crippen molar-refractivity contribution in [3.05, 3.63) is 59.7 Å². The zero-order chi connectivity index (χ0) is 22.4. The highest BCUT2D eigenvalue weighted by Crippen LogP contribution is 2.23. The molecule has 1 aliphatic heterocycles. The summed E-state index contributed by atoms with van der Waals surface area (Å²) in [7, 11) is -3.88. The Hall–Kier alpha value is -2.38. The van der Waals surface area contributed by atoms with Crippen LogP contribution in [0.15, 0.2) is 53.4 Å². The maximum Gasteiger partial charge on any atom is 0.241 e. The van der Waals surface area contributed by atoms with Crippen LogP contribution in [0.25, 0.3) is 0 Å². The monoisotopic (exact) mass is 444 g/mol. The first kappa shape index (κ1) is 23.3. The lowest BCUT2D eigenvalue weighted by Gasteiger charge is -2.33. The number of nitrogens with zero attached hydrogens (tertiary/aromatic N) is 1. The van der Waals surface area contributed by atoms with Crippen LogP contribution in [0.4, 0.5) is 0 Å². The number of likely N-dealkylation sites (tertiary alicyclic amines) is 1. The van der Waals surface area contributed by atoms with Crippen LogP contribution in [0.3, 0.4) is 0 Å². The summed E-state index contributed by atoms with van der Waals surface area (Å²) in [4.78, 5) is 15.2. The van der Waals surface area contributed by atoms with Gasteiger partial charge in [-0.2, -0.15) is 4.72 Å². The summed E-state index contributed by atoms with van der Waals surface area (Å²) in [5.41, 5.74) is 1.65. The number of hydrogen-bond donors (Lipinski definition) is 1. The highest BCUT2D eigenvalue weighted by atomic mass is 32.2. The number of carbonyl (C=O) groups excluding carboxylic acids is 1. The summed E-state index contributed by atoms with van der Waals surface area (Å²) in [6.45, 7) is 7.70. The van der Waals surface area contributed by atoms with Crippen molar-refractivity contribution < 1.29 is 17.9 Å². The van der Waals surface area contributed by atoms with Gasteiger partial charge in [0, 0.05) is 13.1 Å². The molecular formula is C24H32N2O4S. The third-order valence-electron chi connectivity index (χ3n) is 5.73. The normalized spacial score (nSPS) is 16.2. The van der Waals surface area contributed by atoms with Crippen LogP contribution in [0.1, 0.15) is 37.8 Å². The van der Waals surface area contributed by atoms with Crippen molar-refractivity contribution in [2.24, 2.45) is 5.92 Å². The molecule has 1 saturated heterocycles. The van der Waals surface area contributed by atoms with Crippen molar-refractivity contribution in [2.75, 3.05) is 19.7 Å². The Morgan fingerprint density at radius 1 is 1.16 bits per heavy atom. The first-order valence-electron chi connectivity index (χ1n) is 10.9. The second-order valence-electron chi connectivity index (χ2n) is 8.23. The lowest BCUT2D eigenvalue weighted by atomic mass is 9.98. The van der Waals surface area contributed by atoms with Gasteiger partial charge in [-0.3, -0.25) is 4.79 Å². The summed E-state index contributed by atoms with van der Waals surface area (Å²) in [6.07, 6.45) is 2.18. The fourth-order valence-electron chi connectivity index (χ4n) is 3.84. The Morgan fingerprint density at radius 3 is 2.45 bits per heavy atom. The van der Waals surface area contributed by atoms with Crippen LogP contribution in [-0.2, 0) is 21.2 Å². The molecule has 1 aliphatic rings. The van der Waals surface area contributed by atoms with Gasteiger partial charge in [0.25, 0.3) is 0 Å². The highest BCUT2D eigenvalue weighted by molar-refractivity contribution is 7.89. The van der Waals surface area contributed by atoms with E-state index in [0.29, 0.717) is 37.8 Å². The van der Waals surface area contributed by atoms with Crippen LogP contribution in [0.2, 0.25) is 0 Å². The smallest absolute Gasteiger partial charge is 0.241 e. The molecular weight excluding hydrogens is 412 g/mol. The molecule has 2 aromatic rings. The minimum Gasteiger partial charge on any atom is -0.494 e. The fourth-order valence-corrected chi connectivity index (χ4v) is 5.11. The van der Waals surface area contributed by atoms with E-state index in [9.17, 15) is 13.2 Å². The van der Waals surface area contributed by atoms with Gasteiger partial charge in [0.05, 0.1) is 11.5 Å². The molecule has 0 radical (unpaired) electrons. The van der Waals surface area contributed by atoms with Crippen molar-refractivity contribution in [3.8, 4) is 5.75 Å². The predicted octanol–water partition coefficient (Wildman–Crippen LogP) is 3.54. The SMILES string of the molecule is CCOc1ccc(S(=O)(=O)N[C@H](Cc2ccccc2)C(=O)N2CCC(C)CC2)cc1C. The Balaban J connectivity index is 1.84. The van der Waals surface area contributed by atoms with Gasteiger partial charge in [0.1, 0.15) is 11.8 Å². The fraction of sp³-hybridized carbons (Fsp3) is 0.458. The van der Waals surface area contributed by atoms with E-state index >= 15 is 0 Å². The van der Waals surface area contributed by atoms with Crippen molar-refractivity contribution >= 4 is 15.9 Å². The van der Waals surface area contributed by atoms with Crippen LogP contribution < -0.4 is 9.46 Å². The van der Waals surface area contributed by atoms with Gasteiger partial charge in [-0.15, -0.1) is 0 Å². The summed E-state index contributed by atoms with van der Waals surface area (Å²) < 4.78 is 34.5. The number of amides is 1. The maximum absolute atomic E-state index is 13.3. The van der Waals surface area contributed by atoms with Gasteiger partial charge in [-0.1, -0.05) is 37.3 Å². The quantitative estimate of drug-likeness (QED) is 0.676. The number of benzene rings is 2. The van der Waals surface area contributed by atoms with E-state index in [4.69, 9.17) is 4.74 Å². The van der Waals surface area contributed by atoms with Crippen molar-refractivity contribution in [1.29, 1.82) is 0 Å². The molecule has 0 aliphatic carbocycles. The third-order valence-corrected chi connectivity index (χ3v) is 7.20. The number of sulfonamides is 1. The van der Waals surface area contributed by atoms with Crippen LogP contribution >= 0.6 is 0 Å². The van der Waals surface area contributed by atoms with Gasteiger partial charge in [-0.25, -0.2) is 8.42 Å². The second kappa shape index (κ2) is 10.3. The number of piperidine rings is 1. The molecule has 0 saturated carbocycles. The first-order valence-corrected chi connectivity index (χ1v) is 12.4. The number of carbonyl (C=O) groups is 1. The molecule has 0 spiro atoms. The molecule has 31 heavy (non-hydrogen) atoms. The van der Waals surface area contributed by atoms with E-state index in [0.717, 1.165) is 24.0 Å². The zero-order valence-corrected chi connectivity index (χ0v) is 19.3. The van der Waals surface area contributed by atoms with E-state index in [1.54, 1.807) is 17.0 Å². The van der Waals surface area contributed by atoms with Crippen molar-refractivity contribution in [3.63, 3.8) is 0 Å². The van der Waals surface area contributed by atoms with Gasteiger partial charge in [0.15, 0.2) is 0 Å². The van der Waals surface area contributed by atoms with E-state index < -0.39 is 16.1 Å². The van der Waals surface area contributed by atoms with Crippen LogP contribution in [0.5, 0.6) is 5.75 Å². The molecule has 7 heteroatoms. The Bertz CT molecular complexity index is 984. The highest BCUT2D eigenvalue weighted by Gasteiger charge is 2.31. The zero-order valence-electron chi connectivity index (χ0n) is 18.5. The molecule has 3 rings (SSSR count). The molecule has 1 N–H and O–H groups in total. The van der Waals surface area contributed by atoms with Gasteiger partial charge in [-0.05, 0) is 68.4 Å². The lowest BCUT2D eigenvalue weighted by molar-refractivity contribution is -0.134. The van der Waals surface area contributed by atoms with Gasteiger partial charge >= 0.3 is 0 Å². The number of aryl methyl sites for hydroxylation is 1. The molecule has 0 aromatic heterocycles. The predicted molar refractivity (Wildman–Crippen MR) is 122 cm³/mol. The summed E-state index contributed by atoms with van der Waals surface area (Å²) in [5, 5.41) is 0. The number of rotatable bonds is 8. The Kier molecular flexibility index (Phi) is 7.73. The molecule has 2 aromatic carbocycles. The second-order valence-corrected chi connectivity index (χ2v) is 9.95. The maximum atomic E-state index is 13.3. The summed E-state index contributed by atoms with van der Waals surface area (Å²) in [6, 6.07) is 13.4. The van der Waals surface area contributed by atoms with E-state index in [1.165, 1.54) is 6.07 Å². The lowest BCUT2D eigenvalue weighted by Crippen LogP contribution is -2.51. The molecule has 6 nitrogen and oxygen atoms in total. The van der Waals surface area contributed by atoms with Crippen molar-refractivity contribution in [1.82, 2.24) is 9.62 Å². The Labute approximate surface area is 185 Å². The molecule has 0 unspecified atom stereocenters. The first-order chi connectivity index (χ1) is 14.8. The number of hydrogen-bond acceptors (Lipinski definition) is 4. The average Bonchev–Trinajstić information content (AvgIpc) is 2.75. The van der Waals surface area contributed by atoms with E-state index in [1.807, 2.05) is 44.2 Å². The summed E-state index contributed by atoms with van der Waals surface area (Å²) >= 11 is 0. The van der Waals surface area contributed by atoms with Crippen LogP contribution in [0, 0.1) is 12.8 Å². The standard InChI is InChI=1S/C24H32N2O4S/c1-4-30-23-11-10-21(16-19(23)3)31(28,29)25-22(17-20-8-6-5-7-9-20)24(27)26-14-12-18(2)13-15-26/h5-11,16,18,22,25H,4,12-15,17H2,1-3H3/t22-/m1/s1. The Morgan fingerprint density at radius 2 is 1.84 bits per heavy atom. The number of ether oxygens (including phenoxy) is 1.